The summed E-state index contributed by atoms with van der Waals surface area (Å²) in [5.41, 5.74) is 0. The van der Waals surface area contributed by atoms with Gasteiger partial charge in [-0.05, 0) is 19.0 Å². The molecule has 0 spiro atoms. The molecule has 0 saturated carbocycles. The van der Waals surface area contributed by atoms with E-state index in [1.165, 1.54) is 12.8 Å². The number of hydrogen-bond acceptors (Lipinski definition) is 3. The lowest BCUT2D eigenvalue weighted by Gasteiger charge is -2.05. The molecule has 3 nitrogen and oxygen atoms in total. The minimum atomic E-state index is 0.681. The molecule has 1 rings (SSSR count). The Balaban J connectivity index is 1.99. The van der Waals surface area contributed by atoms with Crippen molar-refractivity contribution in [3.05, 3.63) is 24.4 Å². The Morgan fingerprint density at radius 2 is 2.29 bits per heavy atom. The molecule has 0 aliphatic heterocycles. The Morgan fingerprint density at radius 3 is 3.00 bits per heavy atom. The normalized spacial score (nSPS) is 10.1. The van der Waals surface area contributed by atoms with Crippen LogP contribution in [-0.4, -0.2) is 24.7 Å². The molecule has 1 heterocycles. The summed E-state index contributed by atoms with van der Waals surface area (Å²) in [5.74, 6) is 0.699. The van der Waals surface area contributed by atoms with Crippen molar-refractivity contribution >= 4 is 0 Å². The molecule has 3 heteroatoms. The first-order valence-corrected chi connectivity index (χ1v) is 5.18. The maximum atomic E-state index is 5.41. The lowest BCUT2D eigenvalue weighted by molar-refractivity contribution is 0.302. The molecule has 0 aliphatic carbocycles. The van der Waals surface area contributed by atoms with Gasteiger partial charge in [0.25, 0.3) is 0 Å². The summed E-state index contributed by atoms with van der Waals surface area (Å²) in [6.45, 7) is 4.82. The van der Waals surface area contributed by atoms with Gasteiger partial charge in [-0.3, -0.25) is 0 Å². The van der Waals surface area contributed by atoms with Gasteiger partial charge in [-0.25, -0.2) is 4.98 Å². The smallest absolute Gasteiger partial charge is 0.213 e. The Bertz CT molecular complexity index is 226. The van der Waals surface area contributed by atoms with Crippen molar-refractivity contribution in [2.24, 2.45) is 0 Å². The van der Waals surface area contributed by atoms with Gasteiger partial charge in [0.15, 0.2) is 0 Å². The fourth-order valence-corrected chi connectivity index (χ4v) is 1.09. The van der Waals surface area contributed by atoms with Crippen LogP contribution in [0.1, 0.15) is 19.8 Å². The maximum Gasteiger partial charge on any atom is 0.213 e. The standard InChI is InChI=1S/C11H18N2O/c1-2-3-7-12-9-10-14-11-6-4-5-8-13-11/h4-6,8,12H,2-3,7,9-10H2,1H3. The van der Waals surface area contributed by atoms with Crippen LogP contribution < -0.4 is 10.1 Å². The number of nitrogens with zero attached hydrogens (tertiary/aromatic N) is 1. The second-order valence-electron chi connectivity index (χ2n) is 3.12. The van der Waals surface area contributed by atoms with E-state index in [0.717, 1.165) is 13.1 Å². The van der Waals surface area contributed by atoms with Gasteiger partial charge < -0.3 is 10.1 Å². The molecule has 0 amide bonds. The molecule has 0 saturated heterocycles. The predicted molar refractivity (Wildman–Crippen MR) is 57.5 cm³/mol. The van der Waals surface area contributed by atoms with Crippen LogP contribution in [0.5, 0.6) is 5.88 Å². The van der Waals surface area contributed by atoms with Crippen LogP contribution in [0.25, 0.3) is 0 Å². The van der Waals surface area contributed by atoms with E-state index >= 15 is 0 Å². The number of aromatic nitrogens is 1. The number of hydrogen-bond donors (Lipinski definition) is 1. The highest BCUT2D eigenvalue weighted by Gasteiger charge is 1.91. The molecule has 0 bridgehead atoms. The second-order valence-corrected chi connectivity index (χ2v) is 3.12. The summed E-state index contributed by atoms with van der Waals surface area (Å²) in [6, 6.07) is 5.67. The maximum absolute atomic E-state index is 5.41. The molecule has 1 N–H and O–H groups in total. The van der Waals surface area contributed by atoms with Crippen molar-refractivity contribution < 1.29 is 4.74 Å². The first-order valence-electron chi connectivity index (χ1n) is 5.18. The lowest BCUT2D eigenvalue weighted by Crippen LogP contribution is -2.22. The minimum absolute atomic E-state index is 0.681. The summed E-state index contributed by atoms with van der Waals surface area (Å²) >= 11 is 0. The van der Waals surface area contributed by atoms with Crippen LogP contribution in [-0.2, 0) is 0 Å². The van der Waals surface area contributed by atoms with Gasteiger partial charge in [-0.2, -0.15) is 0 Å². The number of unbranched alkanes of at least 4 members (excludes halogenated alkanes) is 1. The topological polar surface area (TPSA) is 34.1 Å². The molecule has 0 aliphatic rings. The summed E-state index contributed by atoms with van der Waals surface area (Å²) in [5, 5.41) is 3.30. The van der Waals surface area contributed by atoms with E-state index < -0.39 is 0 Å². The predicted octanol–water partition coefficient (Wildman–Crippen LogP) is 1.85. The average Bonchev–Trinajstić information content (AvgIpc) is 2.25. The number of pyridine rings is 1. The number of nitrogens with one attached hydrogen (secondary N) is 1. The van der Waals surface area contributed by atoms with Crippen molar-refractivity contribution in [3.63, 3.8) is 0 Å². The summed E-state index contributed by atoms with van der Waals surface area (Å²) in [6.07, 6.45) is 4.19. The summed E-state index contributed by atoms with van der Waals surface area (Å²) in [4.78, 5) is 4.06. The van der Waals surface area contributed by atoms with Gasteiger partial charge in [-0.15, -0.1) is 0 Å². The van der Waals surface area contributed by atoms with Gasteiger partial charge in [0, 0.05) is 18.8 Å². The fourth-order valence-electron chi connectivity index (χ4n) is 1.09. The molecule has 0 radical (unpaired) electrons. The molecule has 0 fully saturated rings. The third-order valence-electron chi connectivity index (χ3n) is 1.87. The summed E-state index contributed by atoms with van der Waals surface area (Å²) < 4.78 is 5.41. The monoisotopic (exact) mass is 194 g/mol. The van der Waals surface area contributed by atoms with Gasteiger partial charge in [0.05, 0.1) is 0 Å². The van der Waals surface area contributed by atoms with E-state index in [2.05, 4.69) is 17.2 Å². The van der Waals surface area contributed by atoms with Crippen molar-refractivity contribution in [1.29, 1.82) is 0 Å². The van der Waals surface area contributed by atoms with Crippen molar-refractivity contribution in [2.45, 2.75) is 19.8 Å². The second kappa shape index (κ2) is 7.33. The van der Waals surface area contributed by atoms with Crippen LogP contribution in [0.3, 0.4) is 0 Å². The van der Waals surface area contributed by atoms with Crippen LogP contribution >= 0.6 is 0 Å². The molecule has 78 valence electrons. The molecule has 0 unspecified atom stereocenters. The fraction of sp³-hybridized carbons (Fsp3) is 0.545. The third-order valence-corrected chi connectivity index (χ3v) is 1.87. The van der Waals surface area contributed by atoms with E-state index in [1.807, 2.05) is 18.2 Å². The first-order chi connectivity index (χ1) is 6.93. The zero-order valence-corrected chi connectivity index (χ0v) is 8.70. The van der Waals surface area contributed by atoms with Crippen LogP contribution in [0.4, 0.5) is 0 Å². The van der Waals surface area contributed by atoms with Crippen molar-refractivity contribution in [3.8, 4) is 5.88 Å². The van der Waals surface area contributed by atoms with Crippen molar-refractivity contribution in [1.82, 2.24) is 10.3 Å². The van der Waals surface area contributed by atoms with Gasteiger partial charge in [-0.1, -0.05) is 19.4 Å². The average molecular weight is 194 g/mol. The molecular weight excluding hydrogens is 176 g/mol. The first kappa shape index (κ1) is 11.0. The van der Waals surface area contributed by atoms with Gasteiger partial charge in [0.1, 0.15) is 6.61 Å². The van der Waals surface area contributed by atoms with Crippen LogP contribution in [0.2, 0.25) is 0 Å². The van der Waals surface area contributed by atoms with E-state index in [4.69, 9.17) is 4.74 Å². The Kier molecular flexibility index (Phi) is 5.75. The summed E-state index contributed by atoms with van der Waals surface area (Å²) in [7, 11) is 0. The van der Waals surface area contributed by atoms with Crippen LogP contribution in [0, 0.1) is 0 Å². The zero-order chi connectivity index (χ0) is 10.1. The Hall–Kier alpha value is -1.09. The highest BCUT2D eigenvalue weighted by molar-refractivity contribution is 5.08. The molecular formula is C11H18N2O. The van der Waals surface area contributed by atoms with E-state index in [-0.39, 0.29) is 0 Å². The molecule has 14 heavy (non-hydrogen) atoms. The van der Waals surface area contributed by atoms with E-state index in [0.29, 0.717) is 12.5 Å². The minimum Gasteiger partial charge on any atom is -0.476 e. The molecule has 0 atom stereocenters. The molecule has 0 aromatic carbocycles. The van der Waals surface area contributed by atoms with Crippen LogP contribution in [0.15, 0.2) is 24.4 Å². The lowest BCUT2D eigenvalue weighted by atomic mass is 10.3. The molecule has 1 aromatic rings. The molecule has 1 aromatic heterocycles. The third kappa shape index (κ3) is 4.82. The van der Waals surface area contributed by atoms with Crippen molar-refractivity contribution in [2.75, 3.05) is 19.7 Å². The Labute approximate surface area is 85.5 Å². The SMILES string of the molecule is CCCCNCCOc1ccccn1. The van der Waals surface area contributed by atoms with Gasteiger partial charge >= 0.3 is 0 Å². The highest BCUT2D eigenvalue weighted by atomic mass is 16.5. The highest BCUT2D eigenvalue weighted by Crippen LogP contribution is 2.01. The Morgan fingerprint density at radius 1 is 1.36 bits per heavy atom. The van der Waals surface area contributed by atoms with Gasteiger partial charge in [0.2, 0.25) is 5.88 Å². The quantitative estimate of drug-likeness (QED) is 0.673. The van der Waals surface area contributed by atoms with E-state index in [9.17, 15) is 0 Å². The zero-order valence-electron chi connectivity index (χ0n) is 8.70. The van der Waals surface area contributed by atoms with E-state index in [1.54, 1.807) is 6.20 Å². The largest absolute Gasteiger partial charge is 0.476 e. The number of rotatable bonds is 7. The number of ether oxygens (including phenoxy) is 1.